The summed E-state index contributed by atoms with van der Waals surface area (Å²) in [7, 11) is 0. The second kappa shape index (κ2) is 7.11. The predicted molar refractivity (Wildman–Crippen MR) is 82.0 cm³/mol. The molecule has 3 N–H and O–H groups in total. The summed E-state index contributed by atoms with van der Waals surface area (Å²) in [5.41, 5.74) is 7.29. The number of hydrogen-bond donors (Lipinski definition) is 2. The first-order valence-electron chi connectivity index (χ1n) is 7.05. The second-order valence-corrected chi connectivity index (χ2v) is 5.74. The van der Waals surface area contributed by atoms with Gasteiger partial charge in [-0.3, -0.25) is 4.90 Å². The maximum absolute atomic E-state index is 13.5. The molecule has 1 aromatic rings. The van der Waals surface area contributed by atoms with Crippen LogP contribution in [0.5, 0.6) is 0 Å². The summed E-state index contributed by atoms with van der Waals surface area (Å²) in [5.74, 6) is -0.268. The summed E-state index contributed by atoms with van der Waals surface area (Å²) in [5, 5.41) is 9.01. The maximum atomic E-state index is 13.5. The summed E-state index contributed by atoms with van der Waals surface area (Å²) in [6.07, 6.45) is 4.31. The number of aliphatic hydroxyl groups excluding tert-OH is 1. The molecule has 0 amide bonds. The zero-order chi connectivity index (χ0) is 14.5. The third-order valence-electron chi connectivity index (χ3n) is 3.90. The highest BCUT2D eigenvalue weighted by molar-refractivity contribution is 7.80. The van der Waals surface area contributed by atoms with E-state index in [1.165, 1.54) is 31.4 Å². The van der Waals surface area contributed by atoms with Crippen LogP contribution in [-0.2, 0) is 6.54 Å². The summed E-state index contributed by atoms with van der Waals surface area (Å²) >= 11 is 5.04. The third-order valence-corrected chi connectivity index (χ3v) is 4.12. The van der Waals surface area contributed by atoms with Crippen LogP contribution >= 0.6 is 12.2 Å². The van der Waals surface area contributed by atoms with Crippen LogP contribution in [0.4, 0.5) is 4.39 Å². The van der Waals surface area contributed by atoms with Gasteiger partial charge in [0.25, 0.3) is 0 Å². The van der Waals surface area contributed by atoms with Crippen LogP contribution in [0.2, 0.25) is 0 Å². The Morgan fingerprint density at radius 1 is 1.45 bits per heavy atom. The van der Waals surface area contributed by atoms with E-state index in [0.717, 1.165) is 24.1 Å². The molecule has 0 saturated heterocycles. The van der Waals surface area contributed by atoms with Gasteiger partial charge in [-0.2, -0.15) is 0 Å². The molecule has 0 aliphatic heterocycles. The molecule has 1 aliphatic rings. The van der Waals surface area contributed by atoms with Gasteiger partial charge in [-0.15, -0.1) is 0 Å². The van der Waals surface area contributed by atoms with Gasteiger partial charge in [0.1, 0.15) is 10.8 Å². The predicted octanol–water partition coefficient (Wildman–Crippen LogP) is 2.20. The molecular weight excluding hydrogens is 275 g/mol. The van der Waals surface area contributed by atoms with E-state index >= 15 is 0 Å². The monoisotopic (exact) mass is 296 g/mol. The van der Waals surface area contributed by atoms with Gasteiger partial charge in [-0.1, -0.05) is 18.6 Å². The molecule has 1 aliphatic carbocycles. The van der Waals surface area contributed by atoms with Crippen molar-refractivity contribution in [1.29, 1.82) is 0 Å². The van der Waals surface area contributed by atoms with E-state index in [1.807, 2.05) is 0 Å². The van der Waals surface area contributed by atoms with E-state index in [9.17, 15) is 4.39 Å². The highest BCUT2D eigenvalue weighted by atomic mass is 32.1. The lowest BCUT2D eigenvalue weighted by Gasteiger charge is -2.38. The molecule has 3 nitrogen and oxygen atoms in total. The van der Waals surface area contributed by atoms with E-state index in [1.54, 1.807) is 6.07 Å². The summed E-state index contributed by atoms with van der Waals surface area (Å²) < 4.78 is 13.5. The number of benzene rings is 1. The average molecular weight is 296 g/mol. The summed E-state index contributed by atoms with van der Waals surface area (Å²) in [6.45, 7) is 1.62. The molecule has 110 valence electrons. The smallest absolute Gasteiger partial charge is 0.123 e. The SMILES string of the molecule is NC(=S)c1ccc(F)cc1CN(CCCO)C1CCC1. The molecule has 0 unspecified atom stereocenters. The number of nitrogens with two attached hydrogens (primary N) is 1. The largest absolute Gasteiger partial charge is 0.396 e. The number of rotatable bonds is 7. The molecule has 0 bridgehead atoms. The maximum Gasteiger partial charge on any atom is 0.123 e. The molecular formula is C15H21FN2OS. The first kappa shape index (κ1) is 15.4. The van der Waals surface area contributed by atoms with Crippen LogP contribution in [0, 0.1) is 5.82 Å². The zero-order valence-corrected chi connectivity index (χ0v) is 12.3. The minimum Gasteiger partial charge on any atom is -0.396 e. The third kappa shape index (κ3) is 3.75. The van der Waals surface area contributed by atoms with E-state index in [4.69, 9.17) is 23.1 Å². The molecule has 0 atom stereocenters. The highest BCUT2D eigenvalue weighted by Gasteiger charge is 2.25. The van der Waals surface area contributed by atoms with Gasteiger partial charge in [0.05, 0.1) is 0 Å². The Labute approximate surface area is 124 Å². The minimum atomic E-state index is -0.268. The lowest BCUT2D eigenvalue weighted by molar-refractivity contribution is 0.109. The van der Waals surface area contributed by atoms with Gasteiger partial charge in [0, 0.05) is 31.3 Å². The van der Waals surface area contributed by atoms with Gasteiger partial charge in [0.2, 0.25) is 0 Å². The highest BCUT2D eigenvalue weighted by Crippen LogP contribution is 2.27. The number of halogens is 1. The van der Waals surface area contributed by atoms with Crippen molar-refractivity contribution in [1.82, 2.24) is 4.90 Å². The average Bonchev–Trinajstić information content (AvgIpc) is 2.33. The van der Waals surface area contributed by atoms with E-state index in [0.29, 0.717) is 17.6 Å². The van der Waals surface area contributed by atoms with Crippen LogP contribution in [0.15, 0.2) is 18.2 Å². The molecule has 0 aromatic heterocycles. The standard InChI is InChI=1S/C15H21FN2OS/c16-12-5-6-14(15(17)20)11(9-12)10-18(7-2-8-19)13-3-1-4-13/h5-6,9,13,19H,1-4,7-8,10H2,(H2,17,20). The molecule has 1 aromatic carbocycles. The van der Waals surface area contributed by atoms with E-state index in [-0.39, 0.29) is 12.4 Å². The molecule has 2 rings (SSSR count). The fraction of sp³-hybridized carbons (Fsp3) is 0.533. The minimum absolute atomic E-state index is 0.175. The van der Waals surface area contributed by atoms with Crippen molar-refractivity contribution in [3.8, 4) is 0 Å². The Morgan fingerprint density at radius 3 is 2.75 bits per heavy atom. The molecule has 1 fully saturated rings. The van der Waals surface area contributed by atoms with Crippen LogP contribution in [0.25, 0.3) is 0 Å². The normalized spacial score (nSPS) is 15.3. The first-order valence-corrected chi connectivity index (χ1v) is 7.45. The number of hydrogen-bond acceptors (Lipinski definition) is 3. The lowest BCUT2D eigenvalue weighted by Crippen LogP contribution is -2.40. The number of nitrogens with zero attached hydrogens (tertiary/aromatic N) is 1. The van der Waals surface area contributed by atoms with Crippen LogP contribution in [0.3, 0.4) is 0 Å². The first-order chi connectivity index (χ1) is 9.61. The van der Waals surface area contributed by atoms with Crippen molar-refractivity contribution < 1.29 is 9.50 Å². The number of aliphatic hydroxyl groups is 1. The quantitative estimate of drug-likeness (QED) is 0.757. The van der Waals surface area contributed by atoms with Crippen LogP contribution in [0.1, 0.15) is 36.8 Å². The van der Waals surface area contributed by atoms with Gasteiger partial charge in [-0.05, 0) is 43.0 Å². The molecule has 1 saturated carbocycles. The van der Waals surface area contributed by atoms with Gasteiger partial charge >= 0.3 is 0 Å². The van der Waals surface area contributed by atoms with Crippen molar-refractivity contribution in [2.75, 3.05) is 13.2 Å². The van der Waals surface area contributed by atoms with Gasteiger partial charge in [-0.25, -0.2) is 4.39 Å². The summed E-state index contributed by atoms with van der Waals surface area (Å²) in [4.78, 5) is 2.60. The Morgan fingerprint density at radius 2 is 2.20 bits per heavy atom. The van der Waals surface area contributed by atoms with Gasteiger partial charge < -0.3 is 10.8 Å². The summed E-state index contributed by atoms with van der Waals surface area (Å²) in [6, 6.07) is 5.08. The van der Waals surface area contributed by atoms with Gasteiger partial charge in [0.15, 0.2) is 0 Å². The fourth-order valence-electron chi connectivity index (χ4n) is 2.57. The molecule has 0 radical (unpaired) electrons. The Kier molecular flexibility index (Phi) is 5.46. The van der Waals surface area contributed by atoms with E-state index in [2.05, 4.69) is 4.90 Å². The Hall–Kier alpha value is -1.04. The topological polar surface area (TPSA) is 49.5 Å². The van der Waals surface area contributed by atoms with Crippen molar-refractivity contribution in [2.45, 2.75) is 38.3 Å². The van der Waals surface area contributed by atoms with E-state index < -0.39 is 0 Å². The van der Waals surface area contributed by atoms with Crippen molar-refractivity contribution >= 4 is 17.2 Å². The van der Waals surface area contributed by atoms with Crippen LogP contribution < -0.4 is 5.73 Å². The molecule has 20 heavy (non-hydrogen) atoms. The number of thiocarbonyl (C=S) groups is 1. The second-order valence-electron chi connectivity index (χ2n) is 5.30. The fourth-order valence-corrected chi connectivity index (χ4v) is 2.77. The van der Waals surface area contributed by atoms with Crippen molar-refractivity contribution in [2.24, 2.45) is 5.73 Å². The Balaban J connectivity index is 2.16. The van der Waals surface area contributed by atoms with Crippen LogP contribution in [-0.4, -0.2) is 34.2 Å². The van der Waals surface area contributed by atoms with Crippen molar-refractivity contribution in [3.63, 3.8) is 0 Å². The molecule has 0 heterocycles. The molecule has 0 spiro atoms. The Bertz CT molecular complexity index is 477. The molecule has 5 heteroatoms. The lowest BCUT2D eigenvalue weighted by atomic mass is 9.90. The zero-order valence-electron chi connectivity index (χ0n) is 11.5. The van der Waals surface area contributed by atoms with Crippen molar-refractivity contribution in [3.05, 3.63) is 35.1 Å².